The van der Waals surface area contributed by atoms with Gasteiger partial charge in [0.1, 0.15) is 0 Å². The number of rotatable bonds is 7. The molecule has 0 bridgehead atoms. The summed E-state index contributed by atoms with van der Waals surface area (Å²) in [4.78, 5) is 0. The number of methoxy groups -OCH3 is 2. The second-order valence-corrected chi connectivity index (χ2v) is 6.88. The van der Waals surface area contributed by atoms with Gasteiger partial charge in [-0.1, -0.05) is 13.8 Å². The first-order valence-corrected chi connectivity index (χ1v) is 7.78. The molecule has 1 rings (SSSR count). The molecule has 2 unspecified atom stereocenters. The van der Waals surface area contributed by atoms with E-state index in [1.54, 1.807) is 14.2 Å². The molecule has 0 saturated carbocycles. The second kappa shape index (κ2) is 6.81. The average molecular weight is 280 g/mol. The third-order valence-electron chi connectivity index (χ3n) is 3.09. The Hall–Kier alpha value is -0.210. The summed E-state index contributed by atoms with van der Waals surface area (Å²) in [5, 5.41) is 3.11. The molecule has 1 saturated heterocycles. The Morgan fingerprint density at radius 3 is 2.11 bits per heavy atom. The Morgan fingerprint density at radius 2 is 1.72 bits per heavy atom. The zero-order valence-electron chi connectivity index (χ0n) is 11.5. The molecule has 0 aromatic carbocycles. The summed E-state index contributed by atoms with van der Waals surface area (Å²) in [7, 11) is -0.0778. The highest BCUT2D eigenvalue weighted by Gasteiger charge is 2.38. The van der Waals surface area contributed by atoms with Crippen LogP contribution >= 0.6 is 0 Å². The molecule has 1 N–H and O–H groups in total. The highest BCUT2D eigenvalue weighted by Crippen LogP contribution is 2.19. The van der Waals surface area contributed by atoms with E-state index in [1.807, 2.05) is 13.8 Å². The smallest absolute Gasteiger partial charge is 0.215 e. The van der Waals surface area contributed by atoms with Crippen molar-refractivity contribution < 1.29 is 17.9 Å². The van der Waals surface area contributed by atoms with Gasteiger partial charge in [-0.15, -0.1) is 0 Å². The van der Waals surface area contributed by atoms with Gasteiger partial charge in [0, 0.05) is 39.9 Å². The molecule has 1 aliphatic heterocycles. The normalized spacial score (nSPS) is 26.1. The molecule has 18 heavy (non-hydrogen) atoms. The van der Waals surface area contributed by atoms with Gasteiger partial charge in [-0.25, -0.2) is 8.42 Å². The maximum absolute atomic E-state index is 12.1. The number of hydrogen-bond acceptors (Lipinski definition) is 5. The molecule has 0 aliphatic carbocycles. The number of nitrogens with zero attached hydrogens (tertiary/aromatic N) is 1. The number of ether oxygens (including phenoxy) is 2. The van der Waals surface area contributed by atoms with E-state index >= 15 is 0 Å². The summed E-state index contributed by atoms with van der Waals surface area (Å²) < 4.78 is 36.2. The van der Waals surface area contributed by atoms with Crippen LogP contribution in [-0.4, -0.2) is 70.6 Å². The quantitative estimate of drug-likeness (QED) is 0.691. The van der Waals surface area contributed by atoms with Crippen LogP contribution in [-0.2, 0) is 19.5 Å². The van der Waals surface area contributed by atoms with Crippen LogP contribution in [0, 0.1) is 0 Å². The minimum absolute atomic E-state index is 0.109. The van der Waals surface area contributed by atoms with Gasteiger partial charge in [-0.2, -0.15) is 4.31 Å². The summed E-state index contributed by atoms with van der Waals surface area (Å²) in [5.74, 6) is 0.109. The maximum atomic E-state index is 12.1. The molecule has 0 aromatic heterocycles. The Balaban J connectivity index is 2.53. The number of nitrogens with one attached hydrogen (secondary N) is 1. The molecule has 0 radical (unpaired) electrons. The van der Waals surface area contributed by atoms with Crippen LogP contribution < -0.4 is 5.32 Å². The molecule has 6 nitrogen and oxygen atoms in total. The predicted molar refractivity (Wildman–Crippen MR) is 70.1 cm³/mol. The molecule has 7 heteroatoms. The van der Waals surface area contributed by atoms with Crippen molar-refractivity contribution in [1.29, 1.82) is 0 Å². The van der Waals surface area contributed by atoms with Gasteiger partial charge in [0.05, 0.1) is 18.0 Å². The zero-order chi connectivity index (χ0) is 13.8. The van der Waals surface area contributed by atoms with E-state index in [-0.39, 0.29) is 24.0 Å². The van der Waals surface area contributed by atoms with E-state index in [1.165, 1.54) is 4.31 Å². The molecule has 0 aromatic rings. The van der Waals surface area contributed by atoms with E-state index in [4.69, 9.17) is 9.47 Å². The first-order valence-electron chi connectivity index (χ1n) is 6.17. The van der Waals surface area contributed by atoms with E-state index in [0.717, 1.165) is 0 Å². The third kappa shape index (κ3) is 4.17. The first-order chi connectivity index (χ1) is 8.40. The number of sulfonamides is 1. The highest BCUT2D eigenvalue weighted by atomic mass is 32.2. The van der Waals surface area contributed by atoms with E-state index < -0.39 is 10.0 Å². The minimum atomic E-state index is -3.23. The van der Waals surface area contributed by atoms with Crippen LogP contribution in [0.2, 0.25) is 0 Å². The number of hydrogen-bond donors (Lipinski definition) is 1. The monoisotopic (exact) mass is 280 g/mol. The summed E-state index contributed by atoms with van der Waals surface area (Å²) in [6.07, 6.45) is -0.356. The molecular formula is C11H24N2O4S. The minimum Gasteiger partial charge on any atom is -0.377 e. The Labute approximate surface area is 110 Å². The van der Waals surface area contributed by atoms with E-state index in [0.29, 0.717) is 19.6 Å². The van der Waals surface area contributed by atoms with Crippen LogP contribution in [0.1, 0.15) is 13.8 Å². The van der Waals surface area contributed by atoms with Crippen LogP contribution in [0.3, 0.4) is 0 Å². The molecule has 0 amide bonds. The van der Waals surface area contributed by atoms with Gasteiger partial charge in [0.25, 0.3) is 0 Å². The molecule has 1 heterocycles. The standard InChI is InChI=1S/C11H24N2O4S/c1-9(2)12-5-6-18(14,15)13-7-10(16-3)11(8-13)17-4/h9-12H,5-8H2,1-4H3. The van der Waals surface area contributed by atoms with Gasteiger partial charge in [-0.05, 0) is 0 Å². The van der Waals surface area contributed by atoms with E-state index in [2.05, 4.69) is 5.32 Å². The fraction of sp³-hybridized carbons (Fsp3) is 1.00. The topological polar surface area (TPSA) is 67.9 Å². The maximum Gasteiger partial charge on any atom is 0.215 e. The molecule has 1 fully saturated rings. The van der Waals surface area contributed by atoms with Crippen LogP contribution in [0.4, 0.5) is 0 Å². The fourth-order valence-electron chi connectivity index (χ4n) is 2.00. The van der Waals surface area contributed by atoms with Crippen LogP contribution in [0.5, 0.6) is 0 Å². The lowest BCUT2D eigenvalue weighted by atomic mass is 10.3. The summed E-state index contributed by atoms with van der Waals surface area (Å²) in [6.45, 7) is 5.19. The van der Waals surface area contributed by atoms with Gasteiger partial charge in [0.2, 0.25) is 10.0 Å². The molecule has 0 spiro atoms. The van der Waals surface area contributed by atoms with Crippen molar-refractivity contribution in [3.63, 3.8) is 0 Å². The SMILES string of the molecule is COC1CN(S(=O)(=O)CCNC(C)C)CC1OC. The Kier molecular flexibility index (Phi) is 6.00. The van der Waals surface area contributed by atoms with Gasteiger partial charge in [-0.3, -0.25) is 0 Å². The third-order valence-corrected chi connectivity index (χ3v) is 4.90. The van der Waals surface area contributed by atoms with Crippen molar-refractivity contribution in [3.05, 3.63) is 0 Å². The average Bonchev–Trinajstić information content (AvgIpc) is 2.71. The first kappa shape index (κ1) is 15.8. The van der Waals surface area contributed by atoms with Gasteiger partial charge >= 0.3 is 0 Å². The summed E-state index contributed by atoms with van der Waals surface area (Å²) in [6, 6.07) is 0.289. The molecule has 1 aliphatic rings. The Morgan fingerprint density at radius 1 is 1.22 bits per heavy atom. The summed E-state index contributed by atoms with van der Waals surface area (Å²) in [5.41, 5.74) is 0. The largest absolute Gasteiger partial charge is 0.377 e. The van der Waals surface area contributed by atoms with Crippen LogP contribution in [0.15, 0.2) is 0 Å². The summed E-state index contributed by atoms with van der Waals surface area (Å²) >= 11 is 0. The zero-order valence-corrected chi connectivity index (χ0v) is 12.4. The lowest BCUT2D eigenvalue weighted by Gasteiger charge is -2.16. The molecular weight excluding hydrogens is 256 g/mol. The lowest BCUT2D eigenvalue weighted by molar-refractivity contribution is -0.00461. The van der Waals surface area contributed by atoms with Crippen molar-refractivity contribution >= 4 is 10.0 Å². The molecule has 108 valence electrons. The van der Waals surface area contributed by atoms with Crippen molar-refractivity contribution in [2.24, 2.45) is 0 Å². The highest BCUT2D eigenvalue weighted by molar-refractivity contribution is 7.89. The van der Waals surface area contributed by atoms with Gasteiger partial charge in [0.15, 0.2) is 0 Å². The fourth-order valence-corrected chi connectivity index (χ4v) is 3.38. The van der Waals surface area contributed by atoms with Crippen LogP contribution in [0.25, 0.3) is 0 Å². The van der Waals surface area contributed by atoms with E-state index in [9.17, 15) is 8.42 Å². The Bertz CT molecular complexity index is 333. The van der Waals surface area contributed by atoms with Crippen molar-refractivity contribution in [1.82, 2.24) is 9.62 Å². The van der Waals surface area contributed by atoms with Crippen molar-refractivity contribution in [2.75, 3.05) is 39.6 Å². The lowest BCUT2D eigenvalue weighted by Crippen LogP contribution is -2.37. The van der Waals surface area contributed by atoms with Crippen molar-refractivity contribution in [3.8, 4) is 0 Å². The second-order valence-electron chi connectivity index (χ2n) is 4.79. The van der Waals surface area contributed by atoms with Gasteiger partial charge < -0.3 is 14.8 Å². The van der Waals surface area contributed by atoms with Crippen molar-refractivity contribution in [2.45, 2.75) is 32.1 Å². The molecule has 2 atom stereocenters. The predicted octanol–water partition coefficient (Wildman–Crippen LogP) is -0.340.